The Morgan fingerprint density at radius 3 is 0.916 bits per heavy atom. The second kappa shape index (κ2) is 55.4. The van der Waals surface area contributed by atoms with E-state index >= 15 is 0 Å². The Labute approximate surface area is 505 Å². The van der Waals surface area contributed by atoms with Gasteiger partial charge in [-0.3, -0.25) is 37.3 Å². The van der Waals surface area contributed by atoms with Gasteiger partial charge in [-0.15, -0.1) is 0 Å². The average molecular weight is 1230 g/mol. The van der Waals surface area contributed by atoms with Crippen molar-refractivity contribution in [2.24, 2.45) is 17.8 Å². The molecule has 0 aliphatic heterocycles. The molecular formula is C64H124O17P2. The zero-order chi connectivity index (χ0) is 61.7. The maximum absolute atomic E-state index is 13.0. The summed E-state index contributed by atoms with van der Waals surface area (Å²) in [7, 11) is -9.88. The van der Waals surface area contributed by atoms with Crippen molar-refractivity contribution in [3.05, 3.63) is 0 Å². The number of ether oxygens (including phenoxy) is 4. The predicted octanol–water partition coefficient (Wildman–Crippen LogP) is 17.5. The van der Waals surface area contributed by atoms with Gasteiger partial charge < -0.3 is 33.8 Å². The molecule has 0 saturated heterocycles. The normalized spacial score (nSPS) is 14.7. The number of phosphoric acid groups is 2. The molecule has 0 bridgehead atoms. The molecule has 6 atom stereocenters. The number of aliphatic hydroxyl groups excluding tert-OH is 1. The lowest BCUT2D eigenvalue weighted by atomic mass is 9.99. The Balaban J connectivity index is 5.22. The summed E-state index contributed by atoms with van der Waals surface area (Å²) >= 11 is 0. The zero-order valence-electron chi connectivity index (χ0n) is 53.6. The number of rotatable bonds is 62. The molecule has 0 heterocycles. The Morgan fingerprint density at radius 2 is 0.614 bits per heavy atom. The van der Waals surface area contributed by atoms with Gasteiger partial charge in [0, 0.05) is 25.7 Å². The Bertz CT molecular complexity index is 1650. The summed E-state index contributed by atoms with van der Waals surface area (Å²) in [6.07, 6.45) is 36.4. The molecule has 0 aliphatic carbocycles. The lowest BCUT2D eigenvalue weighted by molar-refractivity contribution is -0.161. The Morgan fingerprint density at radius 1 is 0.349 bits per heavy atom. The van der Waals surface area contributed by atoms with E-state index in [9.17, 15) is 43.2 Å². The molecular weight excluding hydrogens is 1100 g/mol. The van der Waals surface area contributed by atoms with Gasteiger partial charge in [0.1, 0.15) is 19.3 Å². The van der Waals surface area contributed by atoms with Gasteiger partial charge in [-0.25, -0.2) is 9.13 Å². The molecule has 0 saturated carbocycles. The van der Waals surface area contributed by atoms with Gasteiger partial charge >= 0.3 is 39.5 Å². The van der Waals surface area contributed by atoms with Crippen LogP contribution in [0.1, 0.15) is 312 Å². The Kier molecular flexibility index (Phi) is 54.1. The third kappa shape index (κ3) is 57.6. The molecule has 0 rings (SSSR count). The van der Waals surface area contributed by atoms with Crippen LogP contribution in [-0.2, 0) is 65.4 Å². The smallest absolute Gasteiger partial charge is 0.462 e. The third-order valence-electron chi connectivity index (χ3n) is 15.0. The van der Waals surface area contributed by atoms with Crippen LogP contribution >= 0.6 is 15.6 Å². The predicted molar refractivity (Wildman–Crippen MR) is 331 cm³/mol. The first-order valence-electron chi connectivity index (χ1n) is 33.4. The summed E-state index contributed by atoms with van der Waals surface area (Å²) in [5.41, 5.74) is 0. The van der Waals surface area contributed by atoms with Crippen LogP contribution in [0.4, 0.5) is 0 Å². The largest absolute Gasteiger partial charge is 0.472 e. The fourth-order valence-electron chi connectivity index (χ4n) is 9.45. The monoisotopic (exact) mass is 1230 g/mol. The summed E-state index contributed by atoms with van der Waals surface area (Å²) in [6.45, 7) is 11.7. The van der Waals surface area contributed by atoms with Crippen molar-refractivity contribution in [2.45, 2.75) is 330 Å². The number of carbonyl (C=O) groups excluding carboxylic acids is 4. The first kappa shape index (κ1) is 81.1. The van der Waals surface area contributed by atoms with Crippen LogP contribution in [0, 0.1) is 17.8 Å². The number of unbranched alkanes of at least 4 members (excludes halogenated alkanes) is 29. The highest BCUT2D eigenvalue weighted by atomic mass is 31.2. The first-order valence-corrected chi connectivity index (χ1v) is 36.4. The van der Waals surface area contributed by atoms with Crippen LogP contribution in [0.5, 0.6) is 0 Å². The number of hydrogen-bond acceptors (Lipinski definition) is 15. The summed E-state index contributed by atoms with van der Waals surface area (Å²) in [6, 6.07) is 0. The van der Waals surface area contributed by atoms with E-state index in [1.165, 1.54) is 109 Å². The average Bonchev–Trinajstić information content (AvgIpc) is 3.44. The third-order valence-corrected chi connectivity index (χ3v) is 16.9. The topological polar surface area (TPSA) is 237 Å². The maximum Gasteiger partial charge on any atom is 0.472 e. The van der Waals surface area contributed by atoms with Crippen LogP contribution in [0.2, 0.25) is 0 Å². The molecule has 492 valence electrons. The highest BCUT2D eigenvalue weighted by Crippen LogP contribution is 2.45. The van der Waals surface area contributed by atoms with Crippen LogP contribution in [-0.4, -0.2) is 96.7 Å². The van der Waals surface area contributed by atoms with Crippen LogP contribution in [0.25, 0.3) is 0 Å². The molecule has 83 heavy (non-hydrogen) atoms. The number of esters is 4. The van der Waals surface area contributed by atoms with Crippen molar-refractivity contribution in [1.29, 1.82) is 0 Å². The number of carbonyl (C=O) groups is 4. The van der Waals surface area contributed by atoms with E-state index in [0.717, 1.165) is 115 Å². The van der Waals surface area contributed by atoms with Crippen LogP contribution < -0.4 is 0 Å². The lowest BCUT2D eigenvalue weighted by Crippen LogP contribution is -2.30. The number of hydrogen-bond donors (Lipinski definition) is 3. The van der Waals surface area contributed by atoms with Gasteiger partial charge in [-0.05, 0) is 43.4 Å². The van der Waals surface area contributed by atoms with E-state index < -0.39 is 97.5 Å². The van der Waals surface area contributed by atoms with Crippen LogP contribution in [0.15, 0.2) is 0 Å². The summed E-state index contributed by atoms with van der Waals surface area (Å²) in [5.74, 6) is 0.0878. The van der Waals surface area contributed by atoms with Gasteiger partial charge in [-0.2, -0.15) is 0 Å². The van der Waals surface area contributed by atoms with Gasteiger partial charge in [0.2, 0.25) is 0 Å². The molecule has 0 aromatic rings. The second-order valence-corrected chi connectivity index (χ2v) is 27.3. The van der Waals surface area contributed by atoms with E-state index in [1.807, 2.05) is 0 Å². The van der Waals surface area contributed by atoms with Crippen molar-refractivity contribution < 1.29 is 80.2 Å². The molecule has 0 radical (unpaired) electrons. The molecule has 3 unspecified atom stereocenters. The molecule has 17 nitrogen and oxygen atoms in total. The maximum atomic E-state index is 13.0. The van der Waals surface area contributed by atoms with Crippen molar-refractivity contribution in [3.63, 3.8) is 0 Å². The fraction of sp³-hybridized carbons (Fsp3) is 0.938. The van der Waals surface area contributed by atoms with Crippen molar-refractivity contribution in [2.75, 3.05) is 39.6 Å². The van der Waals surface area contributed by atoms with E-state index in [0.29, 0.717) is 31.6 Å². The first-order chi connectivity index (χ1) is 39.8. The molecule has 0 aromatic heterocycles. The molecule has 3 N–H and O–H groups in total. The van der Waals surface area contributed by atoms with E-state index in [1.54, 1.807) is 0 Å². The number of aliphatic hydroxyl groups is 1. The molecule has 0 aromatic carbocycles. The van der Waals surface area contributed by atoms with E-state index in [2.05, 4.69) is 48.5 Å². The minimum absolute atomic E-state index is 0.101. The second-order valence-electron chi connectivity index (χ2n) is 24.3. The standard InChI is InChI=1S/C64H124O17P2/c1-8-10-11-12-21-31-38-45-61(66)74-51-60(81-64(69)48-41-34-27-26-29-36-43-56(5)6)54-79-83(72,73)77-50-58(65)49-76-82(70,71)78-53-59(52-75-62(67)46-39-32-24-19-15-13-17-22-28-35-42-55(3)4)80-63(68)47-40-33-25-20-16-14-18-23-30-37-44-57(7)9-2/h55-60,65H,8-54H2,1-7H3,(H,70,71)(H,72,73)/t57?,58-,59-,60-/m1/s1. The molecule has 0 amide bonds. The van der Waals surface area contributed by atoms with Gasteiger partial charge in [0.15, 0.2) is 12.2 Å². The van der Waals surface area contributed by atoms with Gasteiger partial charge in [0.05, 0.1) is 26.4 Å². The van der Waals surface area contributed by atoms with Crippen LogP contribution in [0.3, 0.4) is 0 Å². The zero-order valence-corrected chi connectivity index (χ0v) is 55.4. The van der Waals surface area contributed by atoms with E-state index in [-0.39, 0.29) is 25.7 Å². The minimum atomic E-state index is -4.95. The lowest BCUT2D eigenvalue weighted by Gasteiger charge is -2.21. The molecule has 0 aliphatic rings. The number of phosphoric ester groups is 2. The van der Waals surface area contributed by atoms with Gasteiger partial charge in [0.25, 0.3) is 0 Å². The van der Waals surface area contributed by atoms with Gasteiger partial charge in [-0.1, -0.05) is 260 Å². The summed E-state index contributed by atoms with van der Waals surface area (Å²) in [4.78, 5) is 72.1. The van der Waals surface area contributed by atoms with E-state index in [4.69, 9.17) is 37.0 Å². The highest BCUT2D eigenvalue weighted by molar-refractivity contribution is 7.47. The van der Waals surface area contributed by atoms with Crippen molar-refractivity contribution in [3.8, 4) is 0 Å². The fourth-order valence-corrected chi connectivity index (χ4v) is 11.0. The molecule has 0 spiro atoms. The van der Waals surface area contributed by atoms with Crippen molar-refractivity contribution >= 4 is 39.5 Å². The minimum Gasteiger partial charge on any atom is -0.462 e. The molecule has 0 fully saturated rings. The highest BCUT2D eigenvalue weighted by Gasteiger charge is 2.30. The Hall–Kier alpha value is -1.94. The summed E-state index contributed by atoms with van der Waals surface area (Å²) in [5, 5.41) is 10.5. The summed E-state index contributed by atoms with van der Waals surface area (Å²) < 4.78 is 67.9. The molecule has 19 heteroatoms. The quantitative estimate of drug-likeness (QED) is 0.0222. The SMILES string of the molecule is CCCCCCCCCC(=O)OC[C@H](COP(=O)(O)OC[C@H](O)COP(=O)(O)OC[C@@H](COC(=O)CCCCCCCCCCCCC(C)C)OC(=O)CCCCCCCCCCCCC(C)CC)OC(=O)CCCCCCCCC(C)C. The van der Waals surface area contributed by atoms with Crippen molar-refractivity contribution in [1.82, 2.24) is 0 Å².